The van der Waals surface area contributed by atoms with E-state index in [4.69, 9.17) is 16.3 Å². The van der Waals surface area contributed by atoms with Crippen LogP contribution < -0.4 is 5.32 Å². The average Bonchev–Trinajstić information content (AvgIpc) is 2.98. The third kappa shape index (κ3) is 4.41. The number of halogens is 1. The van der Waals surface area contributed by atoms with Gasteiger partial charge in [-0.3, -0.25) is 4.79 Å². The predicted molar refractivity (Wildman–Crippen MR) is 115 cm³/mol. The van der Waals surface area contributed by atoms with Crippen LogP contribution in [0.3, 0.4) is 0 Å². The summed E-state index contributed by atoms with van der Waals surface area (Å²) in [5, 5.41) is 3.99. The summed E-state index contributed by atoms with van der Waals surface area (Å²) >= 11 is 7.50. The van der Waals surface area contributed by atoms with Crippen molar-refractivity contribution in [3.8, 4) is 0 Å². The van der Waals surface area contributed by atoms with Gasteiger partial charge in [0, 0.05) is 15.5 Å². The van der Waals surface area contributed by atoms with Crippen LogP contribution in [0.15, 0.2) is 24.3 Å². The molecule has 1 aromatic heterocycles. The van der Waals surface area contributed by atoms with E-state index in [-0.39, 0.29) is 17.3 Å². The molecule has 1 amide bonds. The summed E-state index contributed by atoms with van der Waals surface area (Å²) < 4.78 is 5.29. The zero-order valence-electron chi connectivity index (χ0n) is 16.7. The van der Waals surface area contributed by atoms with Gasteiger partial charge in [0.1, 0.15) is 5.00 Å². The van der Waals surface area contributed by atoms with Gasteiger partial charge in [0.05, 0.1) is 12.2 Å². The minimum absolute atomic E-state index is 0.204. The smallest absolute Gasteiger partial charge is 0.341 e. The molecule has 1 aliphatic carbocycles. The molecule has 28 heavy (non-hydrogen) atoms. The fourth-order valence-corrected chi connectivity index (χ4v) is 5.14. The Morgan fingerprint density at radius 2 is 2.07 bits per heavy atom. The summed E-state index contributed by atoms with van der Waals surface area (Å²) in [6, 6.07) is 6.77. The van der Waals surface area contributed by atoms with E-state index in [1.807, 2.05) is 0 Å². The maximum Gasteiger partial charge on any atom is 0.341 e. The van der Waals surface area contributed by atoms with E-state index in [9.17, 15) is 9.59 Å². The van der Waals surface area contributed by atoms with Crippen LogP contribution in [-0.4, -0.2) is 18.5 Å². The van der Waals surface area contributed by atoms with E-state index in [1.165, 1.54) is 16.2 Å². The summed E-state index contributed by atoms with van der Waals surface area (Å²) in [4.78, 5) is 26.6. The first-order valence-corrected chi connectivity index (χ1v) is 10.8. The topological polar surface area (TPSA) is 55.4 Å². The number of rotatable bonds is 4. The molecule has 3 rings (SSSR count). The number of ether oxygens (including phenoxy) is 1. The standard InChI is InChI=1S/C22H26ClNO3S/c1-5-27-21(26)18-16-10-9-14(22(2,3)4)12-17(16)28-20(18)24-19(25)13-7-6-8-15(23)11-13/h6-8,11,14H,5,9-10,12H2,1-4H3,(H,24,25)/t14-/m1/s1. The lowest BCUT2D eigenvalue weighted by molar-refractivity contribution is 0.0526. The third-order valence-corrected chi connectivity index (χ3v) is 6.69. The van der Waals surface area contributed by atoms with Crippen LogP contribution in [0, 0.1) is 11.3 Å². The average molecular weight is 420 g/mol. The Morgan fingerprint density at radius 3 is 2.71 bits per heavy atom. The van der Waals surface area contributed by atoms with Gasteiger partial charge in [-0.2, -0.15) is 0 Å². The Bertz CT molecular complexity index is 898. The van der Waals surface area contributed by atoms with Crippen molar-refractivity contribution in [2.45, 2.75) is 47.0 Å². The second-order valence-electron chi connectivity index (χ2n) is 8.20. The Balaban J connectivity index is 1.95. The molecule has 150 valence electrons. The number of anilines is 1. The number of nitrogens with one attached hydrogen (secondary N) is 1. The number of carbonyl (C=O) groups is 2. The van der Waals surface area contributed by atoms with Crippen LogP contribution in [0.5, 0.6) is 0 Å². The number of thiophene rings is 1. The van der Waals surface area contributed by atoms with Crippen LogP contribution in [-0.2, 0) is 17.6 Å². The molecular weight excluding hydrogens is 394 g/mol. The zero-order chi connectivity index (χ0) is 20.5. The summed E-state index contributed by atoms with van der Waals surface area (Å²) in [5.41, 5.74) is 2.21. The van der Waals surface area contributed by atoms with Crippen molar-refractivity contribution >= 4 is 39.8 Å². The largest absolute Gasteiger partial charge is 0.462 e. The molecule has 0 bridgehead atoms. The molecule has 4 nitrogen and oxygen atoms in total. The predicted octanol–water partition coefficient (Wildman–Crippen LogP) is 5.98. The number of fused-ring (bicyclic) bond motifs is 1. The highest BCUT2D eigenvalue weighted by Gasteiger charge is 2.34. The van der Waals surface area contributed by atoms with E-state index in [1.54, 1.807) is 31.2 Å². The first-order valence-electron chi connectivity index (χ1n) is 9.59. The number of benzene rings is 1. The lowest BCUT2D eigenvalue weighted by Gasteiger charge is -2.33. The Kier molecular flexibility index (Phi) is 6.15. The second kappa shape index (κ2) is 8.26. The summed E-state index contributed by atoms with van der Waals surface area (Å²) in [7, 11) is 0. The van der Waals surface area contributed by atoms with Crippen molar-refractivity contribution in [3.63, 3.8) is 0 Å². The first-order chi connectivity index (χ1) is 13.2. The number of hydrogen-bond acceptors (Lipinski definition) is 4. The maximum atomic E-state index is 12.7. The van der Waals surface area contributed by atoms with Crippen LogP contribution in [0.4, 0.5) is 5.00 Å². The van der Waals surface area contributed by atoms with E-state index < -0.39 is 0 Å². The van der Waals surface area contributed by atoms with E-state index in [0.717, 1.165) is 24.8 Å². The molecule has 1 aliphatic rings. The van der Waals surface area contributed by atoms with Gasteiger partial charge in [-0.25, -0.2) is 4.79 Å². The van der Waals surface area contributed by atoms with Gasteiger partial charge in [0.25, 0.3) is 5.91 Å². The molecule has 0 unspecified atom stereocenters. The van der Waals surface area contributed by atoms with Crippen molar-refractivity contribution in [1.82, 2.24) is 0 Å². The van der Waals surface area contributed by atoms with E-state index in [0.29, 0.717) is 33.7 Å². The second-order valence-corrected chi connectivity index (χ2v) is 9.74. The van der Waals surface area contributed by atoms with Crippen LogP contribution in [0.1, 0.15) is 65.3 Å². The number of carbonyl (C=O) groups excluding carboxylic acids is 2. The van der Waals surface area contributed by atoms with E-state index in [2.05, 4.69) is 26.1 Å². The van der Waals surface area contributed by atoms with Gasteiger partial charge >= 0.3 is 5.97 Å². The van der Waals surface area contributed by atoms with Gasteiger partial charge in [-0.1, -0.05) is 38.4 Å². The highest BCUT2D eigenvalue weighted by Crippen LogP contribution is 2.44. The summed E-state index contributed by atoms with van der Waals surface area (Å²) in [6.45, 7) is 8.85. The fourth-order valence-electron chi connectivity index (χ4n) is 3.64. The fraction of sp³-hybridized carbons (Fsp3) is 0.455. The van der Waals surface area contributed by atoms with Gasteiger partial charge in [-0.15, -0.1) is 11.3 Å². The van der Waals surface area contributed by atoms with Gasteiger partial charge < -0.3 is 10.1 Å². The zero-order valence-corrected chi connectivity index (χ0v) is 18.3. The molecule has 0 saturated heterocycles. The Hall–Kier alpha value is -1.85. The van der Waals surface area contributed by atoms with Gasteiger partial charge in [0.15, 0.2) is 0 Å². The van der Waals surface area contributed by atoms with Crippen LogP contribution in [0.25, 0.3) is 0 Å². The highest BCUT2D eigenvalue weighted by atomic mass is 35.5. The molecule has 0 saturated carbocycles. The van der Waals surface area contributed by atoms with Crippen molar-refractivity contribution in [1.29, 1.82) is 0 Å². The monoisotopic (exact) mass is 419 g/mol. The molecule has 1 N–H and O–H groups in total. The Labute approximate surface area is 175 Å². The lowest BCUT2D eigenvalue weighted by atomic mass is 9.72. The quantitative estimate of drug-likeness (QED) is 0.620. The molecule has 0 radical (unpaired) electrons. The molecule has 6 heteroatoms. The van der Waals surface area contributed by atoms with Gasteiger partial charge in [0.2, 0.25) is 0 Å². The van der Waals surface area contributed by atoms with Crippen molar-refractivity contribution in [3.05, 3.63) is 50.9 Å². The number of hydrogen-bond donors (Lipinski definition) is 1. The van der Waals surface area contributed by atoms with E-state index >= 15 is 0 Å². The summed E-state index contributed by atoms with van der Waals surface area (Å²) in [6.07, 6.45) is 2.78. The SMILES string of the molecule is CCOC(=O)c1c(NC(=O)c2cccc(Cl)c2)sc2c1CC[C@@H](C(C)(C)C)C2. The van der Waals surface area contributed by atoms with Crippen LogP contribution >= 0.6 is 22.9 Å². The molecule has 0 fully saturated rings. The molecular formula is C22H26ClNO3S. The maximum absolute atomic E-state index is 12.7. The van der Waals surface area contributed by atoms with Crippen LogP contribution in [0.2, 0.25) is 5.02 Å². The third-order valence-electron chi connectivity index (χ3n) is 5.28. The first kappa shape index (κ1) is 20.9. The molecule has 1 heterocycles. The minimum Gasteiger partial charge on any atom is -0.462 e. The molecule has 1 aromatic carbocycles. The highest BCUT2D eigenvalue weighted by molar-refractivity contribution is 7.17. The molecule has 0 aliphatic heterocycles. The normalized spacial score (nSPS) is 16.4. The van der Waals surface area contributed by atoms with Gasteiger partial charge in [-0.05, 0) is 61.3 Å². The molecule has 2 aromatic rings. The number of esters is 1. The Morgan fingerprint density at radius 1 is 1.32 bits per heavy atom. The van der Waals surface area contributed by atoms with Crippen molar-refractivity contribution in [2.75, 3.05) is 11.9 Å². The number of amides is 1. The lowest BCUT2D eigenvalue weighted by Crippen LogP contribution is -2.26. The van der Waals surface area contributed by atoms with Crippen molar-refractivity contribution < 1.29 is 14.3 Å². The summed E-state index contributed by atoms with van der Waals surface area (Å²) in [5.74, 6) is -0.0974. The van der Waals surface area contributed by atoms with Crippen molar-refractivity contribution in [2.24, 2.45) is 11.3 Å². The molecule has 0 spiro atoms. The minimum atomic E-state index is -0.365. The molecule has 1 atom stereocenters.